The van der Waals surface area contributed by atoms with Gasteiger partial charge in [-0.25, -0.2) is 0 Å². The molecule has 1 unspecified atom stereocenters. The Kier molecular flexibility index (Phi) is 4.41. The molecule has 102 valence electrons. The van der Waals surface area contributed by atoms with Crippen molar-refractivity contribution < 1.29 is 9.47 Å². The molecular formula is C15H20N2O2. The predicted molar refractivity (Wildman–Crippen MR) is 73.1 cm³/mol. The topological polar surface area (TPSA) is 54.3 Å². The lowest BCUT2D eigenvalue weighted by atomic mass is 9.77. The van der Waals surface area contributed by atoms with Crippen LogP contribution in [0.2, 0.25) is 0 Å². The van der Waals surface area contributed by atoms with E-state index in [0.29, 0.717) is 13.2 Å². The average molecular weight is 260 g/mol. The van der Waals surface area contributed by atoms with Crippen molar-refractivity contribution in [1.29, 1.82) is 5.26 Å². The van der Waals surface area contributed by atoms with E-state index in [1.54, 1.807) is 14.2 Å². The van der Waals surface area contributed by atoms with Gasteiger partial charge in [0.1, 0.15) is 11.3 Å². The molecule has 0 aromatic heterocycles. The summed E-state index contributed by atoms with van der Waals surface area (Å²) in [6.07, 6.45) is 2.85. The maximum atomic E-state index is 9.63. The number of hydrogen-bond acceptors (Lipinski definition) is 4. The second kappa shape index (κ2) is 6.05. The van der Waals surface area contributed by atoms with Crippen LogP contribution in [0, 0.1) is 11.3 Å². The quantitative estimate of drug-likeness (QED) is 0.823. The van der Waals surface area contributed by atoms with Crippen LogP contribution in [-0.4, -0.2) is 27.4 Å². The number of nitrogens with one attached hydrogen (secondary N) is 1. The Bertz CT molecular complexity index is 482. The van der Waals surface area contributed by atoms with E-state index in [-0.39, 0.29) is 0 Å². The monoisotopic (exact) mass is 260 g/mol. The van der Waals surface area contributed by atoms with Crippen molar-refractivity contribution in [3.8, 4) is 11.8 Å². The summed E-state index contributed by atoms with van der Waals surface area (Å²) in [7, 11) is 3.33. The lowest BCUT2D eigenvalue weighted by Gasteiger charge is -2.34. The number of methoxy groups -OCH3 is 2. The smallest absolute Gasteiger partial charge is 0.132 e. The van der Waals surface area contributed by atoms with Crippen molar-refractivity contribution in [3.63, 3.8) is 0 Å². The van der Waals surface area contributed by atoms with Gasteiger partial charge in [-0.3, -0.25) is 5.32 Å². The largest absolute Gasteiger partial charge is 0.497 e. The number of ether oxygens (including phenoxy) is 2. The van der Waals surface area contributed by atoms with E-state index in [0.717, 1.165) is 30.6 Å². The molecule has 4 heteroatoms. The molecule has 0 fully saturated rings. The third kappa shape index (κ3) is 2.73. The van der Waals surface area contributed by atoms with E-state index >= 15 is 0 Å². The molecule has 0 saturated carbocycles. The third-order valence-corrected chi connectivity index (χ3v) is 3.69. The zero-order valence-electron chi connectivity index (χ0n) is 11.5. The van der Waals surface area contributed by atoms with Crippen molar-refractivity contribution in [2.24, 2.45) is 0 Å². The van der Waals surface area contributed by atoms with E-state index < -0.39 is 5.54 Å². The number of nitrogens with zero attached hydrogens (tertiary/aromatic N) is 1. The Morgan fingerprint density at radius 3 is 2.95 bits per heavy atom. The first-order valence-electron chi connectivity index (χ1n) is 6.58. The summed E-state index contributed by atoms with van der Waals surface area (Å²) in [5, 5.41) is 13.0. The van der Waals surface area contributed by atoms with Gasteiger partial charge >= 0.3 is 0 Å². The van der Waals surface area contributed by atoms with Crippen molar-refractivity contribution in [3.05, 3.63) is 29.3 Å². The minimum Gasteiger partial charge on any atom is -0.497 e. The van der Waals surface area contributed by atoms with Gasteiger partial charge in [0.05, 0.1) is 19.8 Å². The lowest BCUT2D eigenvalue weighted by Crippen LogP contribution is -2.45. The van der Waals surface area contributed by atoms with Gasteiger partial charge < -0.3 is 9.47 Å². The molecule has 1 N–H and O–H groups in total. The van der Waals surface area contributed by atoms with Gasteiger partial charge in [-0.2, -0.15) is 5.26 Å². The summed E-state index contributed by atoms with van der Waals surface area (Å²) in [5.74, 6) is 0.851. The number of aryl methyl sites for hydroxylation is 1. The standard InChI is InChI=1S/C15H20N2O2/c1-18-9-8-17-15(11-16)7-3-4-12-10-13(19-2)5-6-14(12)15/h5-6,10,17H,3-4,7-9H2,1-2H3. The van der Waals surface area contributed by atoms with Crippen LogP contribution in [0.1, 0.15) is 24.0 Å². The first kappa shape index (κ1) is 13.9. The van der Waals surface area contributed by atoms with E-state index in [1.807, 2.05) is 18.2 Å². The molecular weight excluding hydrogens is 240 g/mol. The Morgan fingerprint density at radius 1 is 1.42 bits per heavy atom. The molecule has 2 rings (SSSR count). The van der Waals surface area contributed by atoms with E-state index in [9.17, 15) is 5.26 Å². The predicted octanol–water partition coefficient (Wildman–Crippen LogP) is 1.99. The molecule has 1 aliphatic rings. The highest BCUT2D eigenvalue weighted by Crippen LogP contribution is 2.36. The fraction of sp³-hybridized carbons (Fsp3) is 0.533. The summed E-state index contributed by atoms with van der Waals surface area (Å²) < 4.78 is 10.3. The molecule has 19 heavy (non-hydrogen) atoms. The Balaban J connectivity index is 2.31. The van der Waals surface area contributed by atoms with Crippen LogP contribution in [-0.2, 0) is 16.7 Å². The second-order valence-electron chi connectivity index (χ2n) is 4.81. The number of hydrogen-bond donors (Lipinski definition) is 1. The van der Waals surface area contributed by atoms with Gasteiger partial charge in [0, 0.05) is 13.7 Å². The molecule has 0 saturated heterocycles. The van der Waals surface area contributed by atoms with E-state index in [4.69, 9.17) is 9.47 Å². The molecule has 4 nitrogen and oxygen atoms in total. The lowest BCUT2D eigenvalue weighted by molar-refractivity contribution is 0.188. The summed E-state index contributed by atoms with van der Waals surface area (Å²) in [6, 6.07) is 8.44. The Hall–Kier alpha value is -1.57. The number of nitriles is 1. The van der Waals surface area contributed by atoms with Gasteiger partial charge in [0.25, 0.3) is 0 Å². The van der Waals surface area contributed by atoms with Crippen LogP contribution in [0.5, 0.6) is 5.75 Å². The Morgan fingerprint density at radius 2 is 2.26 bits per heavy atom. The fourth-order valence-corrected chi connectivity index (χ4v) is 2.70. The van der Waals surface area contributed by atoms with Crippen LogP contribution in [0.25, 0.3) is 0 Å². The van der Waals surface area contributed by atoms with Gasteiger partial charge in [0.2, 0.25) is 0 Å². The van der Waals surface area contributed by atoms with Crippen molar-refractivity contribution in [2.75, 3.05) is 27.4 Å². The van der Waals surface area contributed by atoms with E-state index in [1.165, 1.54) is 5.56 Å². The average Bonchev–Trinajstić information content (AvgIpc) is 2.47. The SMILES string of the molecule is COCCNC1(C#N)CCCc2cc(OC)ccc21. The maximum absolute atomic E-state index is 9.63. The first-order chi connectivity index (χ1) is 9.25. The number of fused-ring (bicyclic) bond motifs is 1. The molecule has 0 bridgehead atoms. The van der Waals surface area contributed by atoms with Crippen LogP contribution in [0.3, 0.4) is 0 Å². The third-order valence-electron chi connectivity index (χ3n) is 3.69. The molecule has 1 aromatic carbocycles. The summed E-state index contributed by atoms with van der Waals surface area (Å²) in [5.41, 5.74) is 1.70. The van der Waals surface area contributed by atoms with Gasteiger partial charge in [0.15, 0.2) is 0 Å². The minimum atomic E-state index is -0.585. The highest BCUT2D eigenvalue weighted by molar-refractivity contribution is 5.45. The maximum Gasteiger partial charge on any atom is 0.132 e. The number of benzene rings is 1. The van der Waals surface area contributed by atoms with Gasteiger partial charge in [-0.1, -0.05) is 6.07 Å². The van der Waals surface area contributed by atoms with Crippen LogP contribution < -0.4 is 10.1 Å². The molecule has 1 atom stereocenters. The molecule has 0 spiro atoms. The molecule has 1 aliphatic carbocycles. The molecule has 0 amide bonds. The normalized spacial score (nSPS) is 21.5. The van der Waals surface area contributed by atoms with Crippen molar-refractivity contribution >= 4 is 0 Å². The molecule has 0 aliphatic heterocycles. The van der Waals surface area contributed by atoms with Gasteiger partial charge in [-0.05, 0) is 42.5 Å². The zero-order valence-corrected chi connectivity index (χ0v) is 11.5. The first-order valence-corrected chi connectivity index (χ1v) is 6.58. The second-order valence-corrected chi connectivity index (χ2v) is 4.81. The van der Waals surface area contributed by atoms with Crippen LogP contribution in [0.15, 0.2) is 18.2 Å². The van der Waals surface area contributed by atoms with Crippen LogP contribution in [0.4, 0.5) is 0 Å². The molecule has 0 heterocycles. The highest BCUT2D eigenvalue weighted by atomic mass is 16.5. The molecule has 0 radical (unpaired) electrons. The minimum absolute atomic E-state index is 0.585. The van der Waals surface area contributed by atoms with Crippen molar-refractivity contribution in [2.45, 2.75) is 24.8 Å². The van der Waals surface area contributed by atoms with Crippen LogP contribution >= 0.6 is 0 Å². The number of rotatable bonds is 5. The summed E-state index contributed by atoms with van der Waals surface area (Å²) >= 11 is 0. The van der Waals surface area contributed by atoms with E-state index in [2.05, 4.69) is 11.4 Å². The van der Waals surface area contributed by atoms with Gasteiger partial charge in [-0.15, -0.1) is 0 Å². The summed E-state index contributed by atoms with van der Waals surface area (Å²) in [4.78, 5) is 0. The highest BCUT2D eigenvalue weighted by Gasteiger charge is 2.36. The molecule has 1 aromatic rings. The zero-order chi connectivity index (χ0) is 13.7. The van der Waals surface area contributed by atoms with Crippen molar-refractivity contribution in [1.82, 2.24) is 5.32 Å². The fourth-order valence-electron chi connectivity index (χ4n) is 2.70. The Labute approximate surface area is 114 Å². The summed E-state index contributed by atoms with van der Waals surface area (Å²) in [6.45, 7) is 1.28.